The molecule has 1 heterocycles. The van der Waals surface area contributed by atoms with Gasteiger partial charge < -0.3 is 19.8 Å². The number of β-amino-alcohol motifs (C(OH)–C–C–N with tert-alkyl or cyclic N) is 1. The Labute approximate surface area is 172 Å². The number of phenols is 1. The summed E-state index contributed by atoms with van der Waals surface area (Å²) in [6.45, 7) is 6.60. The van der Waals surface area contributed by atoms with E-state index in [1.807, 2.05) is 43.3 Å². The third-order valence-electron chi connectivity index (χ3n) is 4.52. The van der Waals surface area contributed by atoms with E-state index in [-0.39, 0.29) is 0 Å². The van der Waals surface area contributed by atoms with Crippen LogP contribution in [0, 0.1) is 11.7 Å². The molecule has 1 saturated heterocycles. The fraction of sp³-hybridized carbons (Fsp3) is 0.400. The summed E-state index contributed by atoms with van der Waals surface area (Å²) in [6.07, 6.45) is -0.499. The van der Waals surface area contributed by atoms with Crippen LogP contribution in [0.2, 0.25) is 0 Å². The average molecular weight is 422 g/mol. The highest BCUT2D eigenvalue weighted by molar-refractivity contribution is 7.60. The van der Waals surface area contributed by atoms with Gasteiger partial charge in [-0.05, 0) is 43.3 Å². The number of aliphatic hydroxyl groups is 1. The van der Waals surface area contributed by atoms with Gasteiger partial charge in [0.2, 0.25) is 0 Å². The Hall–Kier alpha value is -2.62. The first-order valence-corrected chi connectivity index (χ1v) is 10.4. The third-order valence-corrected chi connectivity index (χ3v) is 4.52. The van der Waals surface area contributed by atoms with Crippen molar-refractivity contribution in [3.63, 3.8) is 0 Å². The van der Waals surface area contributed by atoms with Crippen LogP contribution in [0.4, 0.5) is 5.69 Å². The molecule has 9 heteroatoms. The molecule has 0 saturated carbocycles. The lowest BCUT2D eigenvalue weighted by Gasteiger charge is -2.36. The molecular weight excluding hydrogens is 394 g/mol. The quantitative estimate of drug-likeness (QED) is 0.653. The molecule has 1 aliphatic rings. The smallest absolute Gasteiger partial charge is 0.308 e. The molecule has 0 bridgehead atoms. The van der Waals surface area contributed by atoms with E-state index >= 15 is 0 Å². The number of aromatic hydroxyl groups is 1. The Kier molecular flexibility index (Phi) is 8.91. The van der Waals surface area contributed by atoms with Crippen molar-refractivity contribution in [3.05, 3.63) is 54.1 Å². The van der Waals surface area contributed by atoms with E-state index in [0.717, 1.165) is 37.6 Å². The lowest BCUT2D eigenvalue weighted by Crippen LogP contribution is -2.49. The number of benzene rings is 2. The first-order chi connectivity index (χ1) is 13.8. The summed E-state index contributed by atoms with van der Waals surface area (Å²) >= 11 is 0. The van der Waals surface area contributed by atoms with Crippen LogP contribution in [0.5, 0.6) is 11.5 Å². The van der Waals surface area contributed by atoms with Crippen molar-refractivity contribution in [1.82, 2.24) is 4.90 Å². The largest absolute Gasteiger partial charge is 0.508 e. The van der Waals surface area contributed by atoms with Gasteiger partial charge in [0, 0.05) is 38.4 Å². The SMILES string of the molecule is Cc1ccc(OCC(O)CN2CCN(c3ccc(O)cc3)CC2)cc1.N=S(=O)=O. The van der Waals surface area contributed by atoms with Crippen molar-refractivity contribution in [1.29, 1.82) is 4.78 Å². The van der Waals surface area contributed by atoms with Gasteiger partial charge in [0.05, 0.1) is 0 Å². The molecule has 8 nitrogen and oxygen atoms in total. The van der Waals surface area contributed by atoms with Crippen molar-refractivity contribution in [2.24, 2.45) is 0 Å². The summed E-state index contributed by atoms with van der Waals surface area (Å²) in [5.41, 5.74) is 2.32. The van der Waals surface area contributed by atoms with Crippen LogP contribution in [0.1, 0.15) is 5.56 Å². The monoisotopic (exact) mass is 421 g/mol. The molecule has 2 aromatic carbocycles. The molecule has 3 rings (SSSR count). The number of piperazine rings is 1. The molecule has 3 N–H and O–H groups in total. The van der Waals surface area contributed by atoms with Gasteiger partial charge in [0.25, 0.3) is 0 Å². The molecule has 0 aliphatic carbocycles. The Morgan fingerprint density at radius 3 is 2.14 bits per heavy atom. The summed E-state index contributed by atoms with van der Waals surface area (Å²) in [6, 6.07) is 15.2. The van der Waals surface area contributed by atoms with Gasteiger partial charge >= 0.3 is 10.5 Å². The summed E-state index contributed by atoms with van der Waals surface area (Å²) in [7, 11) is -2.61. The van der Waals surface area contributed by atoms with Gasteiger partial charge in [0.15, 0.2) is 0 Å². The number of ether oxygens (including phenoxy) is 1. The molecule has 1 unspecified atom stereocenters. The fourth-order valence-electron chi connectivity index (χ4n) is 3.03. The van der Waals surface area contributed by atoms with Gasteiger partial charge in [-0.15, -0.1) is 0 Å². The summed E-state index contributed by atoms with van der Waals surface area (Å²) in [5.74, 6) is 1.08. The number of aryl methyl sites for hydroxylation is 1. The van der Waals surface area contributed by atoms with Crippen molar-refractivity contribution < 1.29 is 23.4 Å². The Bertz CT molecular complexity index is 842. The van der Waals surface area contributed by atoms with Crippen molar-refractivity contribution >= 4 is 16.2 Å². The maximum Gasteiger partial charge on any atom is 0.308 e. The highest BCUT2D eigenvalue weighted by atomic mass is 32.2. The number of phenolic OH excluding ortho intramolecular Hbond substituents is 1. The second kappa shape index (κ2) is 11.4. The number of anilines is 1. The summed E-state index contributed by atoms with van der Waals surface area (Å²) in [5, 5.41) is 19.6. The summed E-state index contributed by atoms with van der Waals surface area (Å²) < 4.78 is 28.5. The van der Waals surface area contributed by atoms with Gasteiger partial charge in [-0.3, -0.25) is 4.90 Å². The van der Waals surface area contributed by atoms with E-state index in [9.17, 15) is 10.2 Å². The fourth-order valence-corrected chi connectivity index (χ4v) is 3.03. The minimum atomic E-state index is -2.61. The standard InChI is InChI=1S/C20H26N2O3.HNO2S/c1-16-2-8-20(9-3-16)25-15-19(24)14-21-10-12-22(13-11-21)17-4-6-18(23)7-5-17;1-4(2)3/h2-9,19,23-24H,10-15H2,1H3;1H. The normalized spacial score (nSPS) is 15.2. The lowest BCUT2D eigenvalue weighted by atomic mass is 10.2. The highest BCUT2D eigenvalue weighted by Crippen LogP contribution is 2.20. The molecule has 29 heavy (non-hydrogen) atoms. The maximum absolute atomic E-state index is 10.2. The maximum atomic E-state index is 10.2. The zero-order chi connectivity index (χ0) is 21.2. The first-order valence-electron chi connectivity index (χ1n) is 9.28. The van der Waals surface area contributed by atoms with E-state index in [0.29, 0.717) is 18.9 Å². The molecule has 0 aromatic heterocycles. The van der Waals surface area contributed by atoms with Gasteiger partial charge in [-0.1, -0.05) is 17.7 Å². The molecule has 1 fully saturated rings. The van der Waals surface area contributed by atoms with Gasteiger partial charge in [-0.25, -0.2) is 0 Å². The van der Waals surface area contributed by atoms with Crippen LogP contribution >= 0.6 is 0 Å². The molecule has 0 radical (unpaired) electrons. The van der Waals surface area contributed by atoms with Crippen LogP contribution in [-0.2, 0) is 10.5 Å². The van der Waals surface area contributed by atoms with Crippen LogP contribution in [0.15, 0.2) is 48.5 Å². The average Bonchev–Trinajstić information content (AvgIpc) is 2.68. The number of nitrogens with zero attached hydrogens (tertiary/aromatic N) is 2. The van der Waals surface area contributed by atoms with Crippen molar-refractivity contribution in [2.45, 2.75) is 13.0 Å². The molecule has 0 amide bonds. The Balaban J connectivity index is 0.000000687. The van der Waals surface area contributed by atoms with E-state index < -0.39 is 16.6 Å². The van der Waals surface area contributed by atoms with Crippen molar-refractivity contribution in [2.75, 3.05) is 44.2 Å². The predicted octanol–water partition coefficient (Wildman–Crippen LogP) is 1.89. The molecule has 1 aliphatic heterocycles. The Morgan fingerprint density at radius 2 is 1.59 bits per heavy atom. The highest BCUT2D eigenvalue weighted by Gasteiger charge is 2.19. The van der Waals surface area contributed by atoms with Crippen LogP contribution in [0.3, 0.4) is 0 Å². The second-order valence-electron chi connectivity index (χ2n) is 6.82. The predicted molar refractivity (Wildman–Crippen MR) is 111 cm³/mol. The van der Waals surface area contributed by atoms with Crippen LogP contribution < -0.4 is 9.64 Å². The van der Waals surface area contributed by atoms with E-state index in [1.165, 1.54) is 5.56 Å². The van der Waals surface area contributed by atoms with E-state index in [1.54, 1.807) is 12.1 Å². The number of rotatable bonds is 6. The molecular formula is C20H27N3O5S. The number of hydrogen-bond acceptors (Lipinski definition) is 8. The summed E-state index contributed by atoms with van der Waals surface area (Å²) in [4.78, 5) is 4.56. The Morgan fingerprint density at radius 1 is 1.03 bits per heavy atom. The zero-order valence-corrected chi connectivity index (χ0v) is 17.2. The molecule has 1 atom stereocenters. The molecule has 158 valence electrons. The zero-order valence-electron chi connectivity index (χ0n) is 16.4. The lowest BCUT2D eigenvalue weighted by molar-refractivity contribution is 0.0663. The second-order valence-corrected chi connectivity index (χ2v) is 7.29. The molecule has 2 aromatic rings. The van der Waals surface area contributed by atoms with Gasteiger partial charge in [-0.2, -0.15) is 13.2 Å². The molecule has 0 spiro atoms. The minimum absolute atomic E-state index is 0.291. The third kappa shape index (κ3) is 8.51. The first kappa shape index (κ1) is 22.7. The van der Waals surface area contributed by atoms with Crippen molar-refractivity contribution in [3.8, 4) is 11.5 Å². The number of aliphatic hydroxyl groups excluding tert-OH is 1. The number of hydrogen-bond donors (Lipinski definition) is 3. The van der Waals surface area contributed by atoms with Crippen LogP contribution in [0.25, 0.3) is 0 Å². The van der Waals surface area contributed by atoms with E-state index in [4.69, 9.17) is 17.9 Å². The minimum Gasteiger partial charge on any atom is -0.508 e. The van der Waals surface area contributed by atoms with E-state index in [2.05, 4.69) is 9.80 Å². The van der Waals surface area contributed by atoms with Gasteiger partial charge in [0.1, 0.15) is 24.2 Å². The number of nitrogens with one attached hydrogen (secondary N) is 1. The van der Waals surface area contributed by atoms with Crippen LogP contribution in [-0.4, -0.2) is 69.0 Å². The topological polar surface area (TPSA) is 114 Å².